The van der Waals surface area contributed by atoms with Crippen LogP contribution >= 0.6 is 34.5 Å². The van der Waals surface area contributed by atoms with Crippen molar-refractivity contribution in [1.29, 1.82) is 0 Å². The SMILES string of the molecule is COc1ccc(N(C(=O)c2ccc(Cl)cc2Cl)c2nc(C(=O)N3CCCC(C)C3)cs2)cc1OC. The van der Waals surface area contributed by atoms with E-state index in [1.807, 2.05) is 4.90 Å². The molecule has 7 nitrogen and oxygen atoms in total. The van der Waals surface area contributed by atoms with Crippen LogP contribution < -0.4 is 14.4 Å². The van der Waals surface area contributed by atoms with Gasteiger partial charge in [-0.15, -0.1) is 11.3 Å². The fourth-order valence-electron chi connectivity index (χ4n) is 4.06. The maximum absolute atomic E-state index is 13.8. The van der Waals surface area contributed by atoms with Crippen LogP contribution in [0, 0.1) is 5.92 Å². The Kier molecular flexibility index (Phi) is 7.84. The highest BCUT2D eigenvalue weighted by Crippen LogP contribution is 2.38. The van der Waals surface area contributed by atoms with Gasteiger partial charge >= 0.3 is 0 Å². The van der Waals surface area contributed by atoms with E-state index in [1.54, 1.807) is 35.7 Å². The van der Waals surface area contributed by atoms with Gasteiger partial charge in [-0.3, -0.25) is 14.5 Å². The third kappa shape index (κ3) is 5.39. The minimum Gasteiger partial charge on any atom is -0.493 e. The first-order valence-corrected chi connectivity index (χ1v) is 12.7. The number of piperidine rings is 1. The second-order valence-electron chi connectivity index (χ2n) is 8.32. The first-order chi connectivity index (χ1) is 16.8. The van der Waals surface area contributed by atoms with E-state index in [0.717, 1.165) is 12.8 Å². The molecule has 4 rings (SSSR count). The van der Waals surface area contributed by atoms with Crippen molar-refractivity contribution in [2.75, 3.05) is 32.2 Å². The standard InChI is InChI=1S/C25H25Cl2N3O4S/c1-15-5-4-10-29(13-15)24(32)20-14-35-25(28-20)30(17-7-9-21(33-2)22(12-17)34-3)23(31)18-8-6-16(26)11-19(18)27/h6-9,11-12,14-15H,4-5,10,13H2,1-3H3. The van der Waals surface area contributed by atoms with Crippen molar-refractivity contribution < 1.29 is 19.1 Å². The number of aromatic nitrogens is 1. The summed E-state index contributed by atoms with van der Waals surface area (Å²) in [5.74, 6) is 0.854. The molecule has 10 heteroatoms. The second-order valence-corrected chi connectivity index (χ2v) is 10.00. The highest BCUT2D eigenvalue weighted by Gasteiger charge is 2.29. The summed E-state index contributed by atoms with van der Waals surface area (Å²) in [5.41, 5.74) is 1.04. The summed E-state index contributed by atoms with van der Waals surface area (Å²) < 4.78 is 10.8. The van der Waals surface area contributed by atoms with E-state index < -0.39 is 5.91 Å². The molecule has 3 aromatic rings. The van der Waals surface area contributed by atoms with Crippen LogP contribution in [-0.4, -0.2) is 49.0 Å². The number of anilines is 2. The Balaban J connectivity index is 1.75. The Morgan fingerprint density at radius 2 is 1.89 bits per heavy atom. The van der Waals surface area contributed by atoms with Crippen LogP contribution in [-0.2, 0) is 0 Å². The van der Waals surface area contributed by atoms with E-state index in [4.69, 9.17) is 32.7 Å². The summed E-state index contributed by atoms with van der Waals surface area (Å²) in [6, 6.07) is 9.77. The topological polar surface area (TPSA) is 72.0 Å². The zero-order valence-corrected chi connectivity index (χ0v) is 21.9. The van der Waals surface area contributed by atoms with Gasteiger partial charge in [0.15, 0.2) is 16.6 Å². The minimum absolute atomic E-state index is 0.136. The molecule has 1 unspecified atom stereocenters. The summed E-state index contributed by atoms with van der Waals surface area (Å²) in [4.78, 5) is 34.7. The summed E-state index contributed by atoms with van der Waals surface area (Å²) in [7, 11) is 3.05. The molecular weight excluding hydrogens is 509 g/mol. The van der Waals surface area contributed by atoms with Crippen LogP contribution in [0.15, 0.2) is 41.8 Å². The number of methoxy groups -OCH3 is 2. The van der Waals surface area contributed by atoms with Crippen molar-refractivity contribution in [1.82, 2.24) is 9.88 Å². The first kappa shape index (κ1) is 25.3. The van der Waals surface area contributed by atoms with Gasteiger partial charge in [0.2, 0.25) is 0 Å². The van der Waals surface area contributed by atoms with Gasteiger partial charge in [0, 0.05) is 29.6 Å². The molecule has 184 valence electrons. The average Bonchev–Trinajstić information content (AvgIpc) is 3.33. The third-order valence-electron chi connectivity index (χ3n) is 5.84. The molecule has 1 atom stereocenters. The zero-order chi connectivity index (χ0) is 25.1. The predicted octanol–water partition coefficient (Wildman–Crippen LogP) is 6.32. The molecule has 0 aliphatic carbocycles. The van der Waals surface area contributed by atoms with E-state index in [1.165, 1.54) is 36.5 Å². The van der Waals surface area contributed by atoms with Crippen molar-refractivity contribution in [3.8, 4) is 11.5 Å². The molecule has 1 aliphatic rings. The quantitative estimate of drug-likeness (QED) is 0.370. The van der Waals surface area contributed by atoms with Crippen molar-refractivity contribution in [3.05, 3.63) is 63.1 Å². The lowest BCUT2D eigenvalue weighted by Crippen LogP contribution is -2.39. The van der Waals surface area contributed by atoms with Gasteiger partial charge in [0.05, 0.1) is 30.5 Å². The highest BCUT2D eigenvalue weighted by molar-refractivity contribution is 7.14. The summed E-state index contributed by atoms with van der Waals surface area (Å²) in [6.07, 6.45) is 2.07. The number of carbonyl (C=O) groups excluding carboxylic acids is 2. The number of ether oxygens (including phenoxy) is 2. The molecule has 0 radical (unpaired) electrons. The van der Waals surface area contributed by atoms with Gasteiger partial charge in [0.25, 0.3) is 11.8 Å². The normalized spacial score (nSPS) is 15.6. The lowest BCUT2D eigenvalue weighted by Gasteiger charge is -2.30. The maximum Gasteiger partial charge on any atom is 0.273 e. The number of thiazole rings is 1. The predicted molar refractivity (Wildman–Crippen MR) is 139 cm³/mol. The Labute approximate surface area is 218 Å². The highest BCUT2D eigenvalue weighted by atomic mass is 35.5. The number of rotatable bonds is 6. The molecule has 0 N–H and O–H groups in total. The van der Waals surface area contributed by atoms with Crippen LogP contribution in [0.25, 0.3) is 0 Å². The molecule has 2 aromatic carbocycles. The summed E-state index contributed by atoms with van der Waals surface area (Å²) in [5, 5.41) is 2.65. The molecule has 1 aliphatic heterocycles. The van der Waals surface area contributed by atoms with Crippen molar-refractivity contribution >= 4 is 57.2 Å². The van der Waals surface area contributed by atoms with Gasteiger partial charge in [-0.1, -0.05) is 30.1 Å². The fraction of sp³-hybridized carbons (Fsp3) is 0.320. The number of nitrogens with zero attached hydrogens (tertiary/aromatic N) is 3. The van der Waals surface area contributed by atoms with E-state index in [0.29, 0.717) is 52.0 Å². The Morgan fingerprint density at radius 3 is 2.57 bits per heavy atom. The van der Waals surface area contributed by atoms with Gasteiger partial charge in [-0.05, 0) is 49.1 Å². The number of likely N-dealkylation sites (tertiary alicyclic amines) is 1. The smallest absolute Gasteiger partial charge is 0.273 e. The molecule has 1 saturated heterocycles. The monoisotopic (exact) mass is 533 g/mol. The van der Waals surface area contributed by atoms with E-state index in [2.05, 4.69) is 11.9 Å². The molecule has 1 fully saturated rings. The molecule has 0 saturated carbocycles. The lowest BCUT2D eigenvalue weighted by atomic mass is 10.0. The number of benzene rings is 2. The first-order valence-electron chi connectivity index (χ1n) is 11.1. The average molecular weight is 534 g/mol. The van der Waals surface area contributed by atoms with Crippen LogP contribution in [0.3, 0.4) is 0 Å². The molecule has 0 bridgehead atoms. The van der Waals surface area contributed by atoms with Gasteiger partial charge in [-0.2, -0.15) is 0 Å². The van der Waals surface area contributed by atoms with Gasteiger partial charge in [-0.25, -0.2) is 4.98 Å². The van der Waals surface area contributed by atoms with E-state index in [9.17, 15) is 9.59 Å². The van der Waals surface area contributed by atoms with Crippen LogP contribution in [0.1, 0.15) is 40.6 Å². The second kappa shape index (κ2) is 10.8. The molecule has 35 heavy (non-hydrogen) atoms. The van der Waals surface area contributed by atoms with Crippen LogP contribution in [0.5, 0.6) is 11.5 Å². The third-order valence-corrected chi connectivity index (χ3v) is 7.21. The number of amides is 2. The number of hydrogen-bond donors (Lipinski definition) is 0. The largest absolute Gasteiger partial charge is 0.493 e. The van der Waals surface area contributed by atoms with Crippen molar-refractivity contribution in [2.24, 2.45) is 5.92 Å². The van der Waals surface area contributed by atoms with Crippen molar-refractivity contribution in [3.63, 3.8) is 0 Å². The molecular formula is C25H25Cl2N3O4S. The van der Waals surface area contributed by atoms with E-state index in [-0.39, 0.29) is 16.5 Å². The summed E-state index contributed by atoms with van der Waals surface area (Å²) >= 11 is 13.6. The lowest BCUT2D eigenvalue weighted by molar-refractivity contribution is 0.0677. The van der Waals surface area contributed by atoms with Gasteiger partial charge in [0.1, 0.15) is 5.69 Å². The molecule has 0 spiro atoms. The van der Waals surface area contributed by atoms with Gasteiger partial charge < -0.3 is 14.4 Å². The number of carbonyl (C=O) groups is 2. The Morgan fingerprint density at radius 1 is 1.11 bits per heavy atom. The molecule has 2 heterocycles. The minimum atomic E-state index is -0.418. The Hall–Kier alpha value is -2.81. The fourth-order valence-corrected chi connectivity index (χ4v) is 5.37. The molecule has 2 amide bonds. The van der Waals surface area contributed by atoms with Crippen LogP contribution in [0.2, 0.25) is 10.0 Å². The van der Waals surface area contributed by atoms with Crippen LogP contribution in [0.4, 0.5) is 10.8 Å². The molecule has 1 aromatic heterocycles. The number of halogens is 2. The van der Waals surface area contributed by atoms with Crippen molar-refractivity contribution in [2.45, 2.75) is 19.8 Å². The zero-order valence-electron chi connectivity index (χ0n) is 19.6. The van der Waals surface area contributed by atoms with E-state index >= 15 is 0 Å². The Bertz CT molecular complexity index is 1250. The maximum atomic E-state index is 13.8. The summed E-state index contributed by atoms with van der Waals surface area (Å²) in [6.45, 7) is 3.54. The number of hydrogen-bond acceptors (Lipinski definition) is 6.